The molecule has 1 nitrogen and oxygen atoms in total. The van der Waals surface area contributed by atoms with E-state index in [2.05, 4.69) is 5.38 Å². The van der Waals surface area contributed by atoms with Gasteiger partial charge in [-0.1, -0.05) is 24.4 Å². The van der Waals surface area contributed by atoms with Gasteiger partial charge in [-0.3, -0.25) is 0 Å². The average Bonchev–Trinajstić information content (AvgIpc) is 2.45. The van der Waals surface area contributed by atoms with Crippen LogP contribution in [0, 0.1) is 0 Å². The highest BCUT2D eigenvalue weighted by molar-refractivity contribution is 7.10. The van der Waals surface area contributed by atoms with Gasteiger partial charge in [-0.2, -0.15) is 0 Å². The maximum Gasteiger partial charge on any atom is 0.0547 e. The van der Waals surface area contributed by atoms with Crippen molar-refractivity contribution in [1.82, 2.24) is 0 Å². The van der Waals surface area contributed by atoms with Crippen LogP contribution in [0.5, 0.6) is 0 Å². The maximum atomic E-state index is 6.14. The highest BCUT2D eigenvalue weighted by Gasteiger charge is 2.21. The molecule has 1 aliphatic rings. The lowest BCUT2D eigenvalue weighted by atomic mass is 9.97. The molecule has 0 amide bonds. The van der Waals surface area contributed by atoms with E-state index in [9.17, 15) is 0 Å². The van der Waals surface area contributed by atoms with Crippen LogP contribution in [0.4, 0.5) is 0 Å². The van der Waals surface area contributed by atoms with Crippen LogP contribution < -0.4 is 5.73 Å². The molecule has 0 radical (unpaired) electrons. The Morgan fingerprint density at radius 1 is 1.36 bits per heavy atom. The van der Waals surface area contributed by atoms with Crippen molar-refractivity contribution in [3.8, 4) is 0 Å². The lowest BCUT2D eigenvalue weighted by Gasteiger charge is -2.15. The summed E-state index contributed by atoms with van der Waals surface area (Å²) < 4.78 is 0. The molecule has 14 heavy (non-hydrogen) atoms. The van der Waals surface area contributed by atoms with Crippen LogP contribution in [0.1, 0.15) is 42.9 Å². The van der Waals surface area contributed by atoms with Crippen LogP contribution in [0.25, 0.3) is 0 Å². The highest BCUT2D eigenvalue weighted by Crippen LogP contribution is 2.38. The van der Waals surface area contributed by atoms with Gasteiger partial charge in [0.2, 0.25) is 0 Å². The van der Waals surface area contributed by atoms with Crippen molar-refractivity contribution in [2.45, 2.75) is 44.1 Å². The van der Waals surface area contributed by atoms with Crippen LogP contribution >= 0.6 is 22.9 Å². The number of nitrogens with two attached hydrogens (primary N) is 1. The Bertz CT molecular complexity index is 297. The van der Waals surface area contributed by atoms with E-state index in [0.717, 1.165) is 11.4 Å². The smallest absolute Gasteiger partial charge is 0.0547 e. The third-order valence-corrected chi connectivity index (χ3v) is 4.50. The molecule has 2 unspecified atom stereocenters. The van der Waals surface area contributed by atoms with Gasteiger partial charge in [0.25, 0.3) is 0 Å². The Morgan fingerprint density at radius 3 is 2.86 bits per heavy atom. The zero-order valence-corrected chi connectivity index (χ0v) is 9.78. The van der Waals surface area contributed by atoms with Gasteiger partial charge in [-0.25, -0.2) is 0 Å². The standard InChI is InChI=1S/C11H16ClNS/c12-10-5-6-14-11(10)8-3-1-2-4-9(13)7-8/h5-6,8-9H,1-4,7,13H2. The van der Waals surface area contributed by atoms with Crippen LogP contribution in [0.3, 0.4) is 0 Å². The molecule has 1 saturated carbocycles. The molecule has 0 aliphatic heterocycles. The van der Waals surface area contributed by atoms with Crippen molar-refractivity contribution in [1.29, 1.82) is 0 Å². The van der Waals surface area contributed by atoms with E-state index < -0.39 is 0 Å². The Labute approximate surface area is 94.3 Å². The van der Waals surface area contributed by atoms with E-state index in [1.54, 1.807) is 11.3 Å². The molecule has 0 spiro atoms. The normalized spacial score (nSPS) is 28.7. The third kappa shape index (κ3) is 2.30. The summed E-state index contributed by atoms with van der Waals surface area (Å²) in [5, 5.41) is 3.02. The van der Waals surface area contributed by atoms with E-state index in [1.165, 1.54) is 30.6 Å². The summed E-state index contributed by atoms with van der Waals surface area (Å²) >= 11 is 7.92. The summed E-state index contributed by atoms with van der Waals surface area (Å²) in [5.74, 6) is 0.611. The molecular formula is C11H16ClNS. The Kier molecular flexibility index (Phi) is 3.47. The predicted octanol–water partition coefficient (Wildman–Crippen LogP) is 3.78. The fourth-order valence-corrected chi connectivity index (χ4v) is 3.60. The molecule has 1 aliphatic carbocycles. The molecule has 2 N–H and O–H groups in total. The summed E-state index contributed by atoms with van der Waals surface area (Å²) in [5.41, 5.74) is 6.04. The summed E-state index contributed by atoms with van der Waals surface area (Å²) in [7, 11) is 0. The molecule has 0 aromatic carbocycles. The summed E-state index contributed by atoms with van der Waals surface area (Å²) in [4.78, 5) is 1.35. The van der Waals surface area contributed by atoms with Gasteiger partial charge in [0.1, 0.15) is 0 Å². The minimum Gasteiger partial charge on any atom is -0.328 e. The van der Waals surface area contributed by atoms with Gasteiger partial charge in [-0.15, -0.1) is 11.3 Å². The quantitative estimate of drug-likeness (QED) is 0.729. The first-order chi connectivity index (χ1) is 6.77. The molecule has 1 fully saturated rings. The molecule has 3 heteroatoms. The second-order valence-corrected chi connectivity index (χ2v) is 5.46. The monoisotopic (exact) mass is 229 g/mol. The molecule has 1 aromatic rings. The van der Waals surface area contributed by atoms with Crippen molar-refractivity contribution in [3.05, 3.63) is 21.3 Å². The second-order valence-electron chi connectivity index (χ2n) is 4.11. The van der Waals surface area contributed by atoms with Gasteiger partial charge in [0.05, 0.1) is 5.02 Å². The van der Waals surface area contributed by atoms with Gasteiger partial charge in [0.15, 0.2) is 0 Å². The molecule has 1 aromatic heterocycles. The topological polar surface area (TPSA) is 26.0 Å². The van der Waals surface area contributed by atoms with E-state index in [4.69, 9.17) is 17.3 Å². The zero-order chi connectivity index (χ0) is 9.97. The molecule has 78 valence electrons. The first-order valence-electron chi connectivity index (χ1n) is 5.26. The van der Waals surface area contributed by atoms with E-state index in [0.29, 0.717) is 12.0 Å². The Hall–Kier alpha value is -0.0500. The largest absolute Gasteiger partial charge is 0.328 e. The summed E-state index contributed by atoms with van der Waals surface area (Å²) in [6.45, 7) is 0. The van der Waals surface area contributed by atoms with Crippen molar-refractivity contribution < 1.29 is 0 Å². The van der Waals surface area contributed by atoms with Crippen LogP contribution in [-0.2, 0) is 0 Å². The van der Waals surface area contributed by atoms with Crippen LogP contribution in [-0.4, -0.2) is 6.04 Å². The van der Waals surface area contributed by atoms with Crippen molar-refractivity contribution in [2.24, 2.45) is 5.73 Å². The minimum absolute atomic E-state index is 0.376. The summed E-state index contributed by atoms with van der Waals surface area (Å²) in [6, 6.07) is 2.37. The molecule has 0 bridgehead atoms. The van der Waals surface area contributed by atoms with Crippen LogP contribution in [0.2, 0.25) is 5.02 Å². The number of thiophene rings is 1. The van der Waals surface area contributed by atoms with Crippen molar-refractivity contribution >= 4 is 22.9 Å². The number of hydrogen-bond acceptors (Lipinski definition) is 2. The average molecular weight is 230 g/mol. The molecule has 2 atom stereocenters. The first-order valence-corrected chi connectivity index (χ1v) is 6.51. The molecule has 1 heterocycles. The maximum absolute atomic E-state index is 6.14. The Balaban J connectivity index is 2.13. The van der Waals surface area contributed by atoms with Gasteiger partial charge in [-0.05, 0) is 36.6 Å². The molecule has 0 saturated heterocycles. The number of hydrogen-bond donors (Lipinski definition) is 1. The second kappa shape index (κ2) is 4.65. The van der Waals surface area contributed by atoms with Gasteiger partial charge in [0, 0.05) is 10.9 Å². The lowest BCUT2D eigenvalue weighted by molar-refractivity contribution is 0.541. The number of rotatable bonds is 1. The van der Waals surface area contributed by atoms with E-state index in [-0.39, 0.29) is 0 Å². The zero-order valence-electron chi connectivity index (χ0n) is 8.21. The molecule has 2 rings (SSSR count). The number of halogens is 1. The van der Waals surface area contributed by atoms with Gasteiger partial charge >= 0.3 is 0 Å². The minimum atomic E-state index is 0.376. The Morgan fingerprint density at radius 2 is 2.14 bits per heavy atom. The molecular weight excluding hydrogens is 214 g/mol. The van der Waals surface area contributed by atoms with E-state index in [1.807, 2.05) is 6.07 Å². The fourth-order valence-electron chi connectivity index (χ4n) is 2.23. The third-order valence-electron chi connectivity index (χ3n) is 2.98. The van der Waals surface area contributed by atoms with Crippen molar-refractivity contribution in [3.63, 3.8) is 0 Å². The van der Waals surface area contributed by atoms with Crippen LogP contribution in [0.15, 0.2) is 11.4 Å². The predicted molar refractivity (Wildman–Crippen MR) is 63.1 cm³/mol. The highest BCUT2D eigenvalue weighted by atomic mass is 35.5. The van der Waals surface area contributed by atoms with E-state index >= 15 is 0 Å². The lowest BCUT2D eigenvalue weighted by Crippen LogP contribution is -2.20. The van der Waals surface area contributed by atoms with Gasteiger partial charge < -0.3 is 5.73 Å². The van der Waals surface area contributed by atoms with Crippen molar-refractivity contribution in [2.75, 3.05) is 0 Å². The first kappa shape index (κ1) is 10.5. The fraction of sp³-hybridized carbons (Fsp3) is 0.636. The SMILES string of the molecule is NC1CCCCC(c2sccc2Cl)C1. The summed E-state index contributed by atoms with van der Waals surface area (Å²) in [6.07, 6.45) is 6.13.